The number of nitrogens with zero attached hydrogens (tertiary/aromatic N) is 2. The molecule has 3 aliphatic carbocycles. The van der Waals surface area contributed by atoms with Gasteiger partial charge in [-0.1, -0.05) is 13.8 Å². The highest BCUT2D eigenvalue weighted by atomic mass is 16.5. The molecule has 12 nitrogen and oxygen atoms in total. The van der Waals surface area contributed by atoms with Crippen LogP contribution < -0.4 is 22.3 Å². The molecule has 0 radical (unpaired) electrons. The largest absolute Gasteiger partial charge is 0.507 e. The second-order valence-electron chi connectivity index (χ2n) is 11.0. The van der Waals surface area contributed by atoms with E-state index in [1.807, 2.05) is 18.7 Å². The minimum absolute atomic E-state index is 0.0186. The second-order valence-corrected chi connectivity index (χ2v) is 11.0. The lowest BCUT2D eigenvalue weighted by Gasteiger charge is -2.46. The Bertz CT molecular complexity index is 1400. The molecular weight excluding hydrogens is 518 g/mol. The number of allylic oxidation sites excluding steroid dienone is 3. The monoisotopic (exact) mass is 553 g/mol. The van der Waals surface area contributed by atoms with Crippen molar-refractivity contribution < 1.29 is 34.8 Å². The predicted molar refractivity (Wildman–Crippen MR) is 146 cm³/mol. The topological polar surface area (TPSA) is 209 Å². The van der Waals surface area contributed by atoms with Gasteiger partial charge in [0.05, 0.1) is 30.5 Å². The first-order valence-corrected chi connectivity index (χ1v) is 13.3. The zero-order valence-electron chi connectivity index (χ0n) is 22.4. The highest BCUT2D eigenvalue weighted by molar-refractivity contribution is 6.22. The number of primary amides is 1. The molecule has 5 rings (SSSR count). The van der Waals surface area contributed by atoms with Gasteiger partial charge < -0.3 is 36.6 Å². The Morgan fingerprint density at radius 3 is 2.38 bits per heavy atom. The SMILES string of the molecule is CC(C)/C(N)=C/N(N)c1ccc(O)c2c1CC1CC3C(=C(O)C1=C2O)C(O)=C(C(N)=O)C(=O)C3N1CCOCC1. The van der Waals surface area contributed by atoms with E-state index in [9.17, 15) is 30.0 Å². The molecule has 1 aromatic rings. The van der Waals surface area contributed by atoms with Crippen LogP contribution >= 0.6 is 0 Å². The van der Waals surface area contributed by atoms with Crippen LogP contribution in [0.4, 0.5) is 5.69 Å². The maximum atomic E-state index is 13.6. The number of phenolic OH excluding ortho intramolecular Hbond substituents is 1. The minimum Gasteiger partial charge on any atom is -0.507 e. The van der Waals surface area contributed by atoms with Crippen LogP contribution in [-0.4, -0.2) is 69.4 Å². The van der Waals surface area contributed by atoms with Gasteiger partial charge in [-0.05, 0) is 42.4 Å². The lowest BCUT2D eigenvalue weighted by molar-refractivity contribution is -0.128. The predicted octanol–water partition coefficient (Wildman–Crippen LogP) is 1.38. The molecule has 0 spiro atoms. The van der Waals surface area contributed by atoms with Crippen molar-refractivity contribution in [1.82, 2.24) is 4.90 Å². The Balaban J connectivity index is 1.69. The summed E-state index contributed by atoms with van der Waals surface area (Å²) in [6.07, 6.45) is 2.09. The third-order valence-corrected chi connectivity index (χ3v) is 8.34. The third kappa shape index (κ3) is 4.28. The molecule has 10 N–H and O–H groups in total. The quantitative estimate of drug-likeness (QED) is 0.157. The number of ether oxygens (including phenoxy) is 1. The number of anilines is 1. The Morgan fingerprint density at radius 1 is 1.07 bits per heavy atom. The lowest BCUT2D eigenvalue weighted by Crippen LogP contribution is -2.56. The number of aromatic hydroxyl groups is 1. The zero-order chi connectivity index (χ0) is 29.0. The van der Waals surface area contributed by atoms with Gasteiger partial charge in [0.25, 0.3) is 5.91 Å². The summed E-state index contributed by atoms with van der Waals surface area (Å²) in [5, 5.41) is 46.1. The van der Waals surface area contributed by atoms with E-state index in [0.29, 0.717) is 43.3 Å². The van der Waals surface area contributed by atoms with Gasteiger partial charge in [0, 0.05) is 42.1 Å². The standard InChI is InChI=1S/C28H35N5O7/c1-12(2)16(29)11-33(31)17-3-4-18(34)20-14(17)9-13-10-15-21(25(36)19(13)24(20)35)26(37)22(28(30)39)27(38)23(15)32-5-7-40-8-6-32/h3-4,11-13,15,23,34-37H,5-10,29,31H2,1-2H3,(H2,30,39)/b16-11-. The van der Waals surface area contributed by atoms with E-state index in [1.165, 1.54) is 11.1 Å². The third-order valence-electron chi connectivity index (χ3n) is 8.34. The Kier molecular flexibility index (Phi) is 7.02. The van der Waals surface area contributed by atoms with Gasteiger partial charge in [-0.15, -0.1) is 0 Å². The maximum absolute atomic E-state index is 13.6. The van der Waals surface area contributed by atoms with Gasteiger partial charge in [-0.3, -0.25) is 19.5 Å². The molecule has 214 valence electrons. The molecule has 40 heavy (non-hydrogen) atoms. The molecule has 1 aliphatic heterocycles. The molecule has 3 unspecified atom stereocenters. The number of fused-ring (bicyclic) bond motifs is 3. The van der Waals surface area contributed by atoms with Crippen LogP contribution in [0.2, 0.25) is 0 Å². The molecule has 3 atom stereocenters. The molecule has 4 aliphatic rings. The van der Waals surface area contributed by atoms with E-state index < -0.39 is 46.7 Å². The summed E-state index contributed by atoms with van der Waals surface area (Å²) in [5.41, 5.74) is 12.8. The van der Waals surface area contributed by atoms with Crippen LogP contribution in [-0.2, 0) is 20.7 Å². The molecule has 1 amide bonds. The van der Waals surface area contributed by atoms with E-state index in [0.717, 1.165) is 0 Å². The summed E-state index contributed by atoms with van der Waals surface area (Å²) in [5.74, 6) is 1.75. The highest BCUT2D eigenvalue weighted by Crippen LogP contribution is 2.53. The normalized spacial score (nSPS) is 25.6. The number of Topliss-reactive ketones (excluding diaryl/α,β-unsaturated/α-hetero) is 1. The van der Waals surface area contributed by atoms with Crippen molar-refractivity contribution in [2.24, 2.45) is 35.1 Å². The van der Waals surface area contributed by atoms with E-state index >= 15 is 0 Å². The fourth-order valence-corrected chi connectivity index (χ4v) is 6.32. The number of carbonyl (C=O) groups excluding carboxylic acids is 2. The summed E-state index contributed by atoms with van der Waals surface area (Å²) in [7, 11) is 0. The number of hydrogen-bond acceptors (Lipinski definition) is 11. The van der Waals surface area contributed by atoms with Crippen LogP contribution in [0.5, 0.6) is 5.75 Å². The van der Waals surface area contributed by atoms with Gasteiger partial charge in [0.1, 0.15) is 28.6 Å². The molecule has 1 aromatic carbocycles. The summed E-state index contributed by atoms with van der Waals surface area (Å²) < 4.78 is 5.44. The summed E-state index contributed by atoms with van der Waals surface area (Å²) in [4.78, 5) is 27.7. The average molecular weight is 554 g/mol. The van der Waals surface area contributed by atoms with Crippen LogP contribution in [0.3, 0.4) is 0 Å². The number of rotatable bonds is 5. The smallest absolute Gasteiger partial charge is 0.256 e. The number of hydrazine groups is 1. The van der Waals surface area contributed by atoms with Gasteiger partial charge in [0.15, 0.2) is 5.78 Å². The van der Waals surface area contributed by atoms with Crippen LogP contribution in [0.1, 0.15) is 31.4 Å². The molecule has 0 aromatic heterocycles. The molecule has 1 saturated heterocycles. The fraction of sp³-hybridized carbons (Fsp3) is 0.429. The number of benzene rings is 1. The Hall–Kier alpha value is -4.00. The number of hydrogen-bond donors (Lipinski definition) is 7. The van der Waals surface area contributed by atoms with Crippen molar-refractivity contribution in [2.45, 2.75) is 32.7 Å². The van der Waals surface area contributed by atoms with Gasteiger partial charge in [-0.25, -0.2) is 5.84 Å². The van der Waals surface area contributed by atoms with Crippen LogP contribution in [0.15, 0.2) is 52.3 Å². The summed E-state index contributed by atoms with van der Waals surface area (Å²) in [6.45, 7) is 5.44. The Morgan fingerprint density at radius 2 is 1.75 bits per heavy atom. The number of nitrogens with two attached hydrogens (primary N) is 3. The number of morpholine rings is 1. The molecule has 0 saturated carbocycles. The van der Waals surface area contributed by atoms with Crippen LogP contribution in [0, 0.1) is 17.8 Å². The summed E-state index contributed by atoms with van der Waals surface area (Å²) in [6, 6.07) is 2.14. The first-order valence-electron chi connectivity index (χ1n) is 13.3. The molecule has 1 heterocycles. The van der Waals surface area contributed by atoms with E-state index in [2.05, 4.69) is 0 Å². The highest BCUT2D eigenvalue weighted by Gasteiger charge is 2.52. The van der Waals surface area contributed by atoms with Crippen molar-refractivity contribution in [3.8, 4) is 5.75 Å². The minimum atomic E-state index is -1.10. The molecular formula is C28H35N5O7. The van der Waals surface area contributed by atoms with Crippen molar-refractivity contribution in [1.29, 1.82) is 0 Å². The number of phenols is 1. The molecule has 0 bridgehead atoms. The lowest BCUT2D eigenvalue weighted by atomic mass is 9.64. The second kappa shape index (κ2) is 10.2. The molecule has 1 fully saturated rings. The first kappa shape index (κ1) is 27.6. The Labute approximate surface area is 231 Å². The van der Waals surface area contributed by atoms with Gasteiger partial charge in [-0.2, -0.15) is 0 Å². The number of aliphatic hydroxyl groups is 3. The van der Waals surface area contributed by atoms with E-state index in [1.54, 1.807) is 12.3 Å². The summed E-state index contributed by atoms with van der Waals surface area (Å²) >= 11 is 0. The van der Waals surface area contributed by atoms with Gasteiger partial charge in [0.2, 0.25) is 0 Å². The van der Waals surface area contributed by atoms with E-state index in [-0.39, 0.29) is 47.0 Å². The fourth-order valence-electron chi connectivity index (χ4n) is 6.32. The maximum Gasteiger partial charge on any atom is 0.256 e. The van der Waals surface area contributed by atoms with Crippen molar-refractivity contribution in [3.63, 3.8) is 0 Å². The van der Waals surface area contributed by atoms with Gasteiger partial charge >= 0.3 is 0 Å². The number of carbonyl (C=O) groups is 2. The zero-order valence-corrected chi connectivity index (χ0v) is 22.4. The number of ketones is 1. The van der Waals surface area contributed by atoms with Crippen molar-refractivity contribution in [2.75, 3.05) is 31.3 Å². The van der Waals surface area contributed by atoms with E-state index in [4.69, 9.17) is 22.0 Å². The van der Waals surface area contributed by atoms with Crippen LogP contribution in [0.25, 0.3) is 5.76 Å². The number of aliphatic hydroxyl groups excluding tert-OH is 3. The van der Waals surface area contributed by atoms with Crippen molar-refractivity contribution >= 4 is 23.1 Å². The van der Waals surface area contributed by atoms with Crippen molar-refractivity contribution in [3.05, 3.63) is 63.4 Å². The first-order chi connectivity index (χ1) is 18.9. The number of amides is 1. The average Bonchev–Trinajstić information content (AvgIpc) is 2.88. The molecule has 12 heteroatoms.